The quantitative estimate of drug-likeness (QED) is 0.512. The van der Waals surface area contributed by atoms with Crippen molar-refractivity contribution in [2.45, 2.75) is 19.3 Å². The van der Waals surface area contributed by atoms with E-state index in [2.05, 4.69) is 40.2 Å². The third-order valence-corrected chi connectivity index (χ3v) is 6.08. The number of benzene rings is 3. The second-order valence-corrected chi connectivity index (χ2v) is 7.88. The first-order valence-corrected chi connectivity index (χ1v) is 10.2. The third-order valence-electron chi connectivity index (χ3n) is 5.27. The number of ether oxygens (including phenoxy) is 1. The number of hydrogen-bond donors (Lipinski definition) is 0. The van der Waals surface area contributed by atoms with Crippen LogP contribution in [0.2, 0.25) is 0 Å². The molecule has 0 atom stereocenters. The Morgan fingerprint density at radius 1 is 0.963 bits per heavy atom. The van der Waals surface area contributed by atoms with Crippen molar-refractivity contribution in [3.63, 3.8) is 0 Å². The van der Waals surface area contributed by atoms with E-state index in [4.69, 9.17) is 4.74 Å². The van der Waals surface area contributed by atoms with Gasteiger partial charge in [0, 0.05) is 13.1 Å². The summed E-state index contributed by atoms with van der Waals surface area (Å²) in [7, 11) is 0. The van der Waals surface area contributed by atoms with Gasteiger partial charge in [-0.15, -0.1) is 0 Å². The number of piperidine rings is 1. The van der Waals surface area contributed by atoms with Crippen molar-refractivity contribution < 1.29 is 9.53 Å². The van der Waals surface area contributed by atoms with Gasteiger partial charge in [0.1, 0.15) is 5.75 Å². The number of likely N-dealkylation sites (tertiary alicyclic amines) is 1. The number of carbonyl (C=O) groups excluding carboxylic acids is 1. The summed E-state index contributed by atoms with van der Waals surface area (Å²) in [6.45, 7) is 1.50. The van der Waals surface area contributed by atoms with Gasteiger partial charge in [-0.1, -0.05) is 60.7 Å². The fraction of sp³-hybridized carbons (Fsp3) is 0.261. The molecule has 0 aliphatic carbocycles. The Bertz CT molecular complexity index is 934. The highest BCUT2D eigenvalue weighted by atomic mass is 79.9. The lowest BCUT2D eigenvalue weighted by Crippen LogP contribution is -2.40. The lowest BCUT2D eigenvalue weighted by Gasteiger charge is -2.31. The molecule has 3 aromatic rings. The normalized spacial score (nSPS) is 15.1. The molecule has 0 saturated carbocycles. The minimum Gasteiger partial charge on any atom is -0.409 e. The number of carbonyl (C=O) groups is 1. The zero-order chi connectivity index (χ0) is 18.6. The van der Waals surface area contributed by atoms with Crippen molar-refractivity contribution in [3.8, 4) is 5.75 Å². The molecule has 138 valence electrons. The van der Waals surface area contributed by atoms with Gasteiger partial charge < -0.3 is 9.64 Å². The summed E-state index contributed by atoms with van der Waals surface area (Å²) in [5, 5.41) is 2.16. The number of hydrogen-bond acceptors (Lipinski definition) is 2. The molecule has 1 heterocycles. The van der Waals surface area contributed by atoms with Crippen molar-refractivity contribution in [1.29, 1.82) is 0 Å². The van der Waals surface area contributed by atoms with Crippen LogP contribution in [0.1, 0.15) is 18.4 Å². The zero-order valence-electron chi connectivity index (χ0n) is 15.1. The van der Waals surface area contributed by atoms with E-state index < -0.39 is 0 Å². The first kappa shape index (κ1) is 18.1. The molecule has 4 heteroatoms. The number of amides is 1. The number of rotatable bonds is 3. The maximum Gasteiger partial charge on any atom is 0.415 e. The molecule has 0 aromatic heterocycles. The number of nitrogens with zero attached hydrogens (tertiary/aromatic N) is 1. The van der Waals surface area contributed by atoms with Crippen LogP contribution in [0, 0.1) is 5.92 Å². The van der Waals surface area contributed by atoms with Gasteiger partial charge in [-0.3, -0.25) is 0 Å². The van der Waals surface area contributed by atoms with Crippen LogP contribution in [-0.4, -0.2) is 24.1 Å². The molecule has 0 radical (unpaired) electrons. The fourth-order valence-corrected chi connectivity index (χ4v) is 4.29. The smallest absolute Gasteiger partial charge is 0.409 e. The minimum atomic E-state index is -0.260. The Labute approximate surface area is 168 Å². The lowest BCUT2D eigenvalue weighted by molar-refractivity contribution is 0.130. The van der Waals surface area contributed by atoms with E-state index in [9.17, 15) is 4.79 Å². The summed E-state index contributed by atoms with van der Waals surface area (Å²) in [6.07, 6.45) is 2.86. The van der Waals surface area contributed by atoms with Gasteiger partial charge in [0.25, 0.3) is 0 Å². The molecule has 3 nitrogen and oxygen atoms in total. The van der Waals surface area contributed by atoms with Crippen molar-refractivity contribution >= 4 is 32.8 Å². The number of fused-ring (bicyclic) bond motifs is 1. The van der Waals surface area contributed by atoms with Gasteiger partial charge in [0.05, 0.1) is 4.47 Å². The van der Waals surface area contributed by atoms with Crippen LogP contribution in [0.3, 0.4) is 0 Å². The standard InChI is InChI=1S/C23H22BrNO2/c24-22-20-9-5-4-8-19(20)10-11-21(22)27-23(26)25-14-12-18(13-15-25)16-17-6-2-1-3-7-17/h1-11,18H,12-16H2. The molecule has 27 heavy (non-hydrogen) atoms. The first-order valence-electron chi connectivity index (χ1n) is 9.38. The molecule has 3 aromatic carbocycles. The Kier molecular flexibility index (Phi) is 5.44. The third kappa shape index (κ3) is 4.16. The van der Waals surface area contributed by atoms with Gasteiger partial charge in [-0.25, -0.2) is 4.79 Å². The SMILES string of the molecule is O=C(Oc1ccc2ccccc2c1Br)N1CCC(Cc2ccccc2)CC1. The predicted molar refractivity (Wildman–Crippen MR) is 112 cm³/mol. The van der Waals surface area contributed by atoms with Crippen molar-refractivity contribution in [3.05, 3.63) is 76.8 Å². The van der Waals surface area contributed by atoms with Crippen molar-refractivity contribution in [2.24, 2.45) is 5.92 Å². The summed E-state index contributed by atoms with van der Waals surface area (Å²) in [4.78, 5) is 14.4. The molecule has 0 N–H and O–H groups in total. The van der Waals surface area contributed by atoms with E-state index in [1.807, 2.05) is 47.4 Å². The maximum absolute atomic E-state index is 12.6. The molecule has 1 saturated heterocycles. The highest BCUT2D eigenvalue weighted by Gasteiger charge is 2.25. The molecule has 1 fully saturated rings. The molecular formula is C23H22BrNO2. The van der Waals surface area contributed by atoms with E-state index in [1.165, 1.54) is 5.56 Å². The summed E-state index contributed by atoms with van der Waals surface area (Å²) in [5.74, 6) is 1.20. The van der Waals surface area contributed by atoms with Crippen LogP contribution in [0.4, 0.5) is 4.79 Å². The Morgan fingerprint density at radius 2 is 1.67 bits per heavy atom. The van der Waals surface area contributed by atoms with Gasteiger partial charge in [0.2, 0.25) is 0 Å². The second kappa shape index (κ2) is 8.13. The lowest BCUT2D eigenvalue weighted by atomic mass is 9.90. The van der Waals surface area contributed by atoms with Crippen LogP contribution >= 0.6 is 15.9 Å². The Balaban J connectivity index is 1.36. The average molecular weight is 424 g/mol. The van der Waals surface area contributed by atoms with Gasteiger partial charge >= 0.3 is 6.09 Å². The fourth-order valence-electron chi connectivity index (χ4n) is 3.72. The largest absolute Gasteiger partial charge is 0.415 e. The molecule has 1 aliphatic rings. The second-order valence-electron chi connectivity index (χ2n) is 7.09. The first-order chi connectivity index (χ1) is 13.2. The average Bonchev–Trinajstić information content (AvgIpc) is 2.71. The van der Waals surface area contributed by atoms with Gasteiger partial charge in [-0.2, -0.15) is 0 Å². The Morgan fingerprint density at radius 3 is 2.44 bits per heavy atom. The zero-order valence-corrected chi connectivity index (χ0v) is 16.7. The van der Waals surface area contributed by atoms with Crippen LogP contribution in [0.15, 0.2) is 71.2 Å². The molecular weight excluding hydrogens is 402 g/mol. The van der Waals surface area contributed by atoms with Gasteiger partial charge in [0.15, 0.2) is 0 Å². The molecule has 1 aliphatic heterocycles. The van der Waals surface area contributed by atoms with Crippen molar-refractivity contribution in [2.75, 3.05) is 13.1 Å². The van der Waals surface area contributed by atoms with E-state index >= 15 is 0 Å². The highest BCUT2D eigenvalue weighted by molar-refractivity contribution is 9.10. The molecule has 0 spiro atoms. The molecule has 1 amide bonds. The van der Waals surface area contributed by atoms with E-state index in [0.717, 1.165) is 47.6 Å². The summed E-state index contributed by atoms with van der Waals surface area (Å²) in [6, 6.07) is 22.5. The summed E-state index contributed by atoms with van der Waals surface area (Å²) >= 11 is 3.59. The summed E-state index contributed by atoms with van der Waals surface area (Å²) < 4.78 is 6.51. The molecule has 0 unspecified atom stereocenters. The van der Waals surface area contributed by atoms with Crippen LogP contribution in [-0.2, 0) is 6.42 Å². The minimum absolute atomic E-state index is 0.260. The molecule has 4 rings (SSSR count). The van der Waals surface area contributed by atoms with Crippen LogP contribution < -0.4 is 4.74 Å². The van der Waals surface area contributed by atoms with E-state index in [0.29, 0.717) is 11.7 Å². The van der Waals surface area contributed by atoms with E-state index in [1.54, 1.807) is 0 Å². The Hall–Kier alpha value is -2.33. The van der Waals surface area contributed by atoms with Gasteiger partial charge in [-0.05, 0) is 63.5 Å². The van der Waals surface area contributed by atoms with Crippen molar-refractivity contribution in [1.82, 2.24) is 4.90 Å². The monoisotopic (exact) mass is 423 g/mol. The maximum atomic E-state index is 12.6. The molecule has 0 bridgehead atoms. The summed E-state index contributed by atoms with van der Waals surface area (Å²) in [5.41, 5.74) is 1.37. The number of halogens is 1. The topological polar surface area (TPSA) is 29.5 Å². The van der Waals surface area contributed by atoms with E-state index in [-0.39, 0.29) is 6.09 Å². The predicted octanol–water partition coefficient (Wildman–Crippen LogP) is 6.06. The highest BCUT2D eigenvalue weighted by Crippen LogP contribution is 2.33. The van der Waals surface area contributed by atoms with Crippen LogP contribution in [0.25, 0.3) is 10.8 Å². The van der Waals surface area contributed by atoms with Crippen LogP contribution in [0.5, 0.6) is 5.75 Å².